The molecule has 7 nitrogen and oxygen atoms in total. The Bertz CT molecular complexity index is 514. The van der Waals surface area contributed by atoms with Crippen LogP contribution < -0.4 is 5.32 Å². The Hall–Kier alpha value is -1.89. The number of aromatic nitrogens is 1. The fourth-order valence-corrected chi connectivity index (χ4v) is 2.70. The van der Waals surface area contributed by atoms with Gasteiger partial charge < -0.3 is 19.5 Å². The van der Waals surface area contributed by atoms with Gasteiger partial charge in [0.2, 0.25) is 11.8 Å². The number of likely N-dealkylation sites (tertiary alicyclic amines) is 1. The maximum absolute atomic E-state index is 12.3. The molecular weight excluding hydrogens is 274 g/mol. The third kappa shape index (κ3) is 3.60. The number of hydrogen-bond donors (Lipinski definition) is 1. The lowest BCUT2D eigenvalue weighted by atomic mass is 9.96. The third-order valence-electron chi connectivity index (χ3n) is 3.76. The average molecular weight is 295 g/mol. The number of aryl methyl sites for hydroxylation is 1. The van der Waals surface area contributed by atoms with E-state index in [1.807, 2.05) is 6.92 Å². The zero-order valence-electron chi connectivity index (χ0n) is 12.6. The summed E-state index contributed by atoms with van der Waals surface area (Å²) in [6, 6.07) is 1.75. The van der Waals surface area contributed by atoms with E-state index >= 15 is 0 Å². The number of carbonyl (C=O) groups is 2. The van der Waals surface area contributed by atoms with Crippen molar-refractivity contribution in [1.82, 2.24) is 15.4 Å². The van der Waals surface area contributed by atoms with Gasteiger partial charge in [-0.15, -0.1) is 0 Å². The van der Waals surface area contributed by atoms with Gasteiger partial charge in [0.05, 0.1) is 24.6 Å². The molecule has 0 spiro atoms. The first-order valence-electron chi connectivity index (χ1n) is 6.95. The zero-order chi connectivity index (χ0) is 15.4. The summed E-state index contributed by atoms with van der Waals surface area (Å²) < 4.78 is 10.2. The molecule has 0 unspecified atom stereocenters. The predicted molar refractivity (Wildman–Crippen MR) is 74.4 cm³/mol. The van der Waals surface area contributed by atoms with Crippen LogP contribution in [0.3, 0.4) is 0 Å². The molecule has 2 heterocycles. The molecule has 0 saturated carbocycles. The summed E-state index contributed by atoms with van der Waals surface area (Å²) in [5.41, 5.74) is 0.750. The second-order valence-corrected chi connectivity index (χ2v) is 5.35. The van der Waals surface area contributed by atoms with Crippen LogP contribution in [0, 0.1) is 18.8 Å². The highest BCUT2D eigenvalue weighted by molar-refractivity contribution is 5.83. The van der Waals surface area contributed by atoms with E-state index in [2.05, 4.69) is 10.5 Å². The molecule has 0 aliphatic carbocycles. The molecule has 21 heavy (non-hydrogen) atoms. The fourth-order valence-electron chi connectivity index (χ4n) is 2.70. The molecule has 2 rings (SSSR count). The number of ether oxygens (including phenoxy) is 1. The zero-order valence-corrected chi connectivity index (χ0v) is 12.6. The summed E-state index contributed by atoms with van der Waals surface area (Å²) in [5, 5.41) is 6.41. The molecule has 0 bridgehead atoms. The monoisotopic (exact) mass is 295 g/mol. The highest BCUT2D eigenvalue weighted by Crippen LogP contribution is 2.24. The maximum Gasteiger partial charge on any atom is 0.230 e. The van der Waals surface area contributed by atoms with Crippen LogP contribution in [0.5, 0.6) is 0 Å². The number of methoxy groups -OCH3 is 1. The number of nitrogens with one attached hydrogen (secondary N) is 1. The fraction of sp³-hybridized carbons (Fsp3) is 0.643. The van der Waals surface area contributed by atoms with E-state index in [-0.39, 0.29) is 30.1 Å². The van der Waals surface area contributed by atoms with Crippen molar-refractivity contribution >= 4 is 11.8 Å². The summed E-state index contributed by atoms with van der Waals surface area (Å²) >= 11 is 0. The normalized spacial score (nSPS) is 21.6. The topological polar surface area (TPSA) is 84.7 Å². The van der Waals surface area contributed by atoms with Crippen LogP contribution in [-0.2, 0) is 20.7 Å². The minimum atomic E-state index is -0.227. The molecule has 1 N–H and O–H groups in total. The van der Waals surface area contributed by atoms with E-state index in [9.17, 15) is 9.59 Å². The van der Waals surface area contributed by atoms with E-state index in [1.54, 1.807) is 25.1 Å². The quantitative estimate of drug-likeness (QED) is 0.826. The first-order chi connectivity index (χ1) is 10.0. The Morgan fingerprint density at radius 1 is 1.52 bits per heavy atom. The van der Waals surface area contributed by atoms with Crippen molar-refractivity contribution in [3.05, 3.63) is 17.5 Å². The smallest absolute Gasteiger partial charge is 0.230 e. The first-order valence-corrected chi connectivity index (χ1v) is 6.95. The first kappa shape index (κ1) is 15.5. The molecule has 2 atom stereocenters. The van der Waals surface area contributed by atoms with E-state index in [0.29, 0.717) is 25.5 Å². The largest absolute Gasteiger partial charge is 0.384 e. The lowest BCUT2D eigenvalue weighted by Gasteiger charge is -2.15. The number of carbonyl (C=O) groups excluding carboxylic acids is 2. The standard InChI is InChI=1S/C14H21N3O4/c1-9-4-11(21-16-9)5-13(18)17-6-10(8-20-3)12(7-17)14(19)15-2/h4,10,12H,5-8H2,1-3H3,(H,15,19)/t10-,12+/m0/s1. The molecule has 1 saturated heterocycles. The molecule has 0 radical (unpaired) electrons. The molecule has 1 aromatic heterocycles. The van der Waals surface area contributed by atoms with Crippen molar-refractivity contribution in [2.24, 2.45) is 11.8 Å². The average Bonchev–Trinajstić information content (AvgIpc) is 3.05. The van der Waals surface area contributed by atoms with Gasteiger partial charge in [0.15, 0.2) is 0 Å². The number of nitrogens with zero attached hydrogens (tertiary/aromatic N) is 2. The molecule has 1 aromatic rings. The Morgan fingerprint density at radius 3 is 2.86 bits per heavy atom. The van der Waals surface area contributed by atoms with Crippen LogP contribution in [0.25, 0.3) is 0 Å². The van der Waals surface area contributed by atoms with Gasteiger partial charge in [0.1, 0.15) is 5.76 Å². The van der Waals surface area contributed by atoms with E-state index in [1.165, 1.54) is 0 Å². The van der Waals surface area contributed by atoms with Crippen LogP contribution >= 0.6 is 0 Å². The molecule has 1 fully saturated rings. The second-order valence-electron chi connectivity index (χ2n) is 5.35. The van der Waals surface area contributed by atoms with Crippen molar-refractivity contribution in [1.29, 1.82) is 0 Å². The summed E-state index contributed by atoms with van der Waals surface area (Å²) in [5.74, 6) is 0.233. The highest BCUT2D eigenvalue weighted by Gasteiger charge is 2.39. The van der Waals surface area contributed by atoms with Crippen LogP contribution in [-0.4, -0.2) is 55.7 Å². The molecule has 1 aliphatic heterocycles. The summed E-state index contributed by atoms with van der Waals surface area (Å²) in [6.45, 7) is 3.21. The highest BCUT2D eigenvalue weighted by atomic mass is 16.5. The molecule has 116 valence electrons. The van der Waals surface area contributed by atoms with Gasteiger partial charge in [-0.05, 0) is 6.92 Å². The van der Waals surface area contributed by atoms with Crippen molar-refractivity contribution < 1.29 is 18.8 Å². The maximum atomic E-state index is 12.3. The number of amides is 2. The van der Waals surface area contributed by atoms with E-state index < -0.39 is 0 Å². The van der Waals surface area contributed by atoms with Gasteiger partial charge in [-0.3, -0.25) is 9.59 Å². The Morgan fingerprint density at radius 2 is 2.29 bits per heavy atom. The summed E-state index contributed by atoms with van der Waals surface area (Å²) in [7, 11) is 3.21. The van der Waals surface area contributed by atoms with Gasteiger partial charge in [-0.25, -0.2) is 0 Å². The van der Waals surface area contributed by atoms with Gasteiger partial charge in [0, 0.05) is 39.2 Å². The minimum Gasteiger partial charge on any atom is -0.384 e. The molecular formula is C14H21N3O4. The predicted octanol–water partition coefficient (Wildman–Crippen LogP) is -0.00748. The lowest BCUT2D eigenvalue weighted by molar-refractivity contribution is -0.130. The number of hydrogen-bond acceptors (Lipinski definition) is 5. The van der Waals surface area contributed by atoms with Crippen LogP contribution in [0.2, 0.25) is 0 Å². The summed E-state index contributed by atoms with van der Waals surface area (Å²) in [4.78, 5) is 25.9. The van der Waals surface area contributed by atoms with Gasteiger partial charge in [0.25, 0.3) is 0 Å². The van der Waals surface area contributed by atoms with Gasteiger partial charge in [-0.2, -0.15) is 0 Å². The molecule has 1 aliphatic rings. The Labute approximate surface area is 123 Å². The van der Waals surface area contributed by atoms with Crippen molar-refractivity contribution in [2.45, 2.75) is 13.3 Å². The van der Waals surface area contributed by atoms with E-state index in [0.717, 1.165) is 5.69 Å². The van der Waals surface area contributed by atoms with Crippen LogP contribution in [0.1, 0.15) is 11.5 Å². The number of rotatable bonds is 5. The SMILES string of the molecule is CNC(=O)[C@@H]1CN(C(=O)Cc2cc(C)no2)C[C@H]1COC. The third-order valence-corrected chi connectivity index (χ3v) is 3.76. The van der Waals surface area contributed by atoms with Gasteiger partial charge in [-0.1, -0.05) is 5.16 Å². The van der Waals surface area contributed by atoms with Crippen molar-refractivity contribution in [2.75, 3.05) is 33.9 Å². The summed E-state index contributed by atoms with van der Waals surface area (Å²) in [6.07, 6.45) is 0.168. The van der Waals surface area contributed by atoms with Crippen LogP contribution in [0.4, 0.5) is 0 Å². The molecule has 7 heteroatoms. The van der Waals surface area contributed by atoms with E-state index in [4.69, 9.17) is 9.26 Å². The van der Waals surface area contributed by atoms with Gasteiger partial charge >= 0.3 is 0 Å². The molecule has 0 aromatic carbocycles. The Balaban J connectivity index is 2.00. The lowest BCUT2D eigenvalue weighted by Crippen LogP contribution is -2.35. The minimum absolute atomic E-state index is 0.0235. The second kappa shape index (κ2) is 6.71. The van der Waals surface area contributed by atoms with Crippen LogP contribution in [0.15, 0.2) is 10.6 Å². The van der Waals surface area contributed by atoms with Crippen molar-refractivity contribution in [3.8, 4) is 0 Å². The Kier molecular flexibility index (Phi) is 4.95. The van der Waals surface area contributed by atoms with Crippen molar-refractivity contribution in [3.63, 3.8) is 0 Å². The molecule has 2 amide bonds.